The van der Waals surface area contributed by atoms with Crippen molar-refractivity contribution in [3.63, 3.8) is 0 Å². The van der Waals surface area contributed by atoms with E-state index in [2.05, 4.69) is 15.3 Å². The van der Waals surface area contributed by atoms with Crippen LogP contribution in [0.3, 0.4) is 0 Å². The van der Waals surface area contributed by atoms with Gasteiger partial charge in [-0.05, 0) is 18.2 Å². The van der Waals surface area contributed by atoms with E-state index < -0.39 is 28.8 Å². The minimum atomic E-state index is -4.51. The number of rotatable bonds is 3. The summed E-state index contributed by atoms with van der Waals surface area (Å²) in [4.78, 5) is 30.8. The maximum Gasteiger partial charge on any atom is 0.416 e. The number of alkyl halides is 3. The van der Waals surface area contributed by atoms with Crippen LogP contribution in [0.15, 0.2) is 34.3 Å². The highest BCUT2D eigenvalue weighted by Crippen LogP contribution is 2.31. The minimum Gasteiger partial charge on any atom is -0.370 e. The molecule has 0 saturated heterocycles. The third kappa shape index (κ3) is 4.72. The van der Waals surface area contributed by atoms with Gasteiger partial charge in [-0.25, -0.2) is 0 Å². The number of amidine groups is 1. The fourth-order valence-electron chi connectivity index (χ4n) is 1.81. The molecule has 11 heteroatoms. The van der Waals surface area contributed by atoms with Crippen LogP contribution in [0.4, 0.5) is 18.9 Å². The molecule has 1 aliphatic rings. The topological polar surface area (TPSA) is 123 Å². The van der Waals surface area contributed by atoms with Gasteiger partial charge in [-0.1, -0.05) is 17.8 Å². The molecule has 0 radical (unpaired) electrons. The van der Waals surface area contributed by atoms with Gasteiger partial charge in [0.2, 0.25) is 5.91 Å². The first-order valence-corrected chi connectivity index (χ1v) is 7.39. The number of halogens is 3. The van der Waals surface area contributed by atoms with Crippen LogP contribution in [0.5, 0.6) is 0 Å². The van der Waals surface area contributed by atoms with E-state index in [-0.39, 0.29) is 23.2 Å². The van der Waals surface area contributed by atoms with Crippen LogP contribution in [-0.4, -0.2) is 28.2 Å². The lowest BCUT2D eigenvalue weighted by molar-refractivity contribution is -0.137. The van der Waals surface area contributed by atoms with Gasteiger partial charge < -0.3 is 16.8 Å². The molecule has 0 spiro atoms. The summed E-state index contributed by atoms with van der Waals surface area (Å²) >= 11 is 0.906. The number of aliphatic imine (C=N–C) groups is 2. The van der Waals surface area contributed by atoms with Gasteiger partial charge in [-0.3, -0.25) is 9.59 Å². The summed E-state index contributed by atoms with van der Waals surface area (Å²) in [6.45, 7) is 0. The normalized spacial score (nSPS) is 17.4. The molecule has 2 amide bonds. The smallest absolute Gasteiger partial charge is 0.370 e. The average Bonchev–Trinajstić information content (AvgIpc) is 2.77. The Hall–Kier alpha value is -2.56. The molecule has 1 aliphatic heterocycles. The molecule has 128 valence electrons. The van der Waals surface area contributed by atoms with E-state index in [1.807, 2.05) is 0 Å². The Bertz CT molecular complexity index is 729. The first-order valence-electron chi connectivity index (χ1n) is 6.51. The van der Waals surface area contributed by atoms with E-state index in [9.17, 15) is 22.8 Å². The second-order valence-electron chi connectivity index (χ2n) is 4.71. The third-order valence-corrected chi connectivity index (χ3v) is 3.84. The van der Waals surface area contributed by atoms with Gasteiger partial charge in [0, 0.05) is 12.1 Å². The Kier molecular flexibility index (Phi) is 5.12. The van der Waals surface area contributed by atoms with Crippen molar-refractivity contribution in [2.45, 2.75) is 17.8 Å². The molecule has 0 saturated carbocycles. The highest BCUT2D eigenvalue weighted by Gasteiger charge is 2.32. The van der Waals surface area contributed by atoms with Crippen molar-refractivity contribution in [3.05, 3.63) is 29.8 Å². The zero-order valence-electron chi connectivity index (χ0n) is 12.0. The Morgan fingerprint density at radius 2 is 2.08 bits per heavy atom. The lowest BCUT2D eigenvalue weighted by Gasteiger charge is -2.11. The molecule has 5 N–H and O–H groups in total. The molecule has 0 unspecified atom stereocenters. The van der Waals surface area contributed by atoms with Gasteiger partial charge in [0.25, 0.3) is 5.91 Å². The summed E-state index contributed by atoms with van der Waals surface area (Å²) in [7, 11) is 0. The summed E-state index contributed by atoms with van der Waals surface area (Å²) in [6.07, 6.45) is -4.78. The number of thioether (sulfide) groups is 1. The van der Waals surface area contributed by atoms with E-state index in [0.29, 0.717) is 0 Å². The van der Waals surface area contributed by atoms with Crippen molar-refractivity contribution in [1.29, 1.82) is 0 Å². The number of amides is 2. The second kappa shape index (κ2) is 6.91. The maximum atomic E-state index is 12.6. The van der Waals surface area contributed by atoms with Crippen LogP contribution >= 0.6 is 11.8 Å². The molecule has 0 aliphatic carbocycles. The summed E-state index contributed by atoms with van der Waals surface area (Å²) in [5.74, 6) is -1.48. The monoisotopic (exact) mass is 359 g/mol. The average molecular weight is 359 g/mol. The summed E-state index contributed by atoms with van der Waals surface area (Å²) in [6, 6.07) is 4.19. The number of nitrogens with two attached hydrogens (primary N) is 2. The fourth-order valence-corrected chi connectivity index (χ4v) is 2.76. The lowest BCUT2D eigenvalue weighted by Crippen LogP contribution is -2.23. The van der Waals surface area contributed by atoms with E-state index in [1.165, 1.54) is 12.1 Å². The molecule has 1 aromatic carbocycles. The van der Waals surface area contributed by atoms with Gasteiger partial charge in [0.05, 0.1) is 5.56 Å². The number of anilines is 1. The maximum absolute atomic E-state index is 12.6. The Labute approximate surface area is 138 Å². The molecule has 24 heavy (non-hydrogen) atoms. The van der Waals surface area contributed by atoms with Gasteiger partial charge in [0.15, 0.2) is 11.1 Å². The highest BCUT2D eigenvalue weighted by atomic mass is 32.2. The molecule has 0 bridgehead atoms. The first-order chi connectivity index (χ1) is 11.1. The number of benzene rings is 1. The lowest BCUT2D eigenvalue weighted by atomic mass is 10.2. The van der Waals surface area contributed by atoms with Crippen LogP contribution in [0.2, 0.25) is 0 Å². The summed E-state index contributed by atoms with van der Waals surface area (Å²) < 4.78 is 37.9. The van der Waals surface area contributed by atoms with Crippen molar-refractivity contribution in [3.8, 4) is 0 Å². The number of nitrogens with one attached hydrogen (secondary N) is 1. The van der Waals surface area contributed by atoms with Crippen LogP contribution < -0.4 is 16.8 Å². The summed E-state index contributed by atoms with van der Waals surface area (Å²) in [5, 5.41) is 1.53. The third-order valence-electron chi connectivity index (χ3n) is 2.80. The predicted molar refractivity (Wildman–Crippen MR) is 84.3 cm³/mol. The standard InChI is InChI=1S/C13H12F3N5O2S/c14-13(15,16)6-2-1-3-7(4-6)19-9(22)5-8-10(23)20-12(24-8)21-11(17)18/h1-4,8H,5H2,(H,19,22)(H4,17,18,20,21,23)/t8-/m1/s1. The molecule has 7 nitrogen and oxygen atoms in total. The zero-order valence-corrected chi connectivity index (χ0v) is 12.8. The number of hydrogen-bond acceptors (Lipinski definition) is 4. The van der Waals surface area contributed by atoms with E-state index in [1.54, 1.807) is 0 Å². The van der Waals surface area contributed by atoms with Crippen molar-refractivity contribution >= 4 is 40.4 Å². The number of carbonyl (C=O) groups is 2. The molecule has 1 atom stereocenters. The fraction of sp³-hybridized carbons (Fsp3) is 0.231. The first kappa shape index (κ1) is 17.8. The molecule has 0 aromatic heterocycles. The van der Waals surface area contributed by atoms with E-state index in [0.717, 1.165) is 23.9 Å². The van der Waals surface area contributed by atoms with Gasteiger partial charge in [0.1, 0.15) is 5.25 Å². The van der Waals surface area contributed by atoms with Crippen LogP contribution in [0.1, 0.15) is 12.0 Å². The second-order valence-corrected chi connectivity index (χ2v) is 5.88. The molecule has 1 heterocycles. The van der Waals surface area contributed by atoms with Crippen molar-refractivity contribution in [1.82, 2.24) is 0 Å². The van der Waals surface area contributed by atoms with Gasteiger partial charge in [-0.2, -0.15) is 23.2 Å². The van der Waals surface area contributed by atoms with Crippen molar-refractivity contribution in [2.75, 3.05) is 5.32 Å². The SMILES string of the molecule is NC(N)=NC1=NC(=O)[C@@H](CC(=O)Nc2cccc(C(F)(F)F)c2)S1. The largest absolute Gasteiger partial charge is 0.416 e. The zero-order chi connectivity index (χ0) is 17.9. The van der Waals surface area contributed by atoms with E-state index in [4.69, 9.17) is 11.5 Å². The van der Waals surface area contributed by atoms with Crippen molar-refractivity contribution < 1.29 is 22.8 Å². The number of carbonyl (C=O) groups excluding carboxylic acids is 2. The number of nitrogens with zero attached hydrogens (tertiary/aromatic N) is 2. The molecule has 1 aromatic rings. The van der Waals surface area contributed by atoms with Crippen LogP contribution in [-0.2, 0) is 15.8 Å². The van der Waals surface area contributed by atoms with Crippen LogP contribution in [0.25, 0.3) is 0 Å². The Morgan fingerprint density at radius 3 is 2.71 bits per heavy atom. The quantitative estimate of drug-likeness (QED) is 0.555. The molecule has 2 rings (SSSR count). The molecular formula is C13H12F3N5O2S. The van der Waals surface area contributed by atoms with Crippen LogP contribution in [0, 0.1) is 0 Å². The molecule has 0 fully saturated rings. The van der Waals surface area contributed by atoms with Crippen molar-refractivity contribution in [2.24, 2.45) is 21.5 Å². The number of guanidine groups is 1. The highest BCUT2D eigenvalue weighted by molar-refractivity contribution is 8.15. The Balaban J connectivity index is 1.98. The minimum absolute atomic E-state index is 0.0179. The summed E-state index contributed by atoms with van der Waals surface area (Å²) in [5.41, 5.74) is 9.43. The Morgan fingerprint density at radius 1 is 1.38 bits per heavy atom. The van der Waals surface area contributed by atoms with Gasteiger partial charge in [-0.15, -0.1) is 0 Å². The van der Waals surface area contributed by atoms with E-state index >= 15 is 0 Å². The molecular weight excluding hydrogens is 347 g/mol. The number of hydrogen-bond donors (Lipinski definition) is 3. The predicted octanol–water partition coefficient (Wildman–Crippen LogP) is 1.31. The van der Waals surface area contributed by atoms with Gasteiger partial charge >= 0.3 is 6.18 Å².